The Bertz CT molecular complexity index is 1040. The first-order valence-electron chi connectivity index (χ1n) is 13.1. The predicted octanol–water partition coefficient (Wildman–Crippen LogP) is 3.10. The van der Waals surface area contributed by atoms with Gasteiger partial charge in [0.15, 0.2) is 5.25 Å². The first kappa shape index (κ1) is 30.8. The van der Waals surface area contributed by atoms with E-state index in [-0.39, 0.29) is 13.0 Å². The number of rotatable bonds is 17. The van der Waals surface area contributed by atoms with Crippen molar-refractivity contribution >= 4 is 15.9 Å². The van der Waals surface area contributed by atoms with E-state index in [1.54, 1.807) is 14.0 Å². The molecule has 0 aromatic heterocycles. The lowest BCUT2D eigenvalue weighted by Crippen LogP contribution is -2.54. The molecule has 0 fully saturated rings. The predicted molar refractivity (Wildman–Crippen MR) is 148 cm³/mol. The van der Waals surface area contributed by atoms with Gasteiger partial charge in [-0.25, -0.2) is 12.7 Å². The van der Waals surface area contributed by atoms with Crippen LogP contribution in [0.1, 0.15) is 51.2 Å². The molecule has 0 saturated carbocycles. The smallest absolute Gasteiger partial charge is 0.240 e. The SMILES string of the molecule is CCCN(CCC)S(=O)(=O)C(CC)C(=O)N[C@@H](Cc1ccccc1)[C@H](O)CNCc1cccc(OC)c1. The van der Waals surface area contributed by atoms with Gasteiger partial charge in [-0.2, -0.15) is 0 Å². The molecule has 0 aliphatic rings. The molecule has 1 unspecified atom stereocenters. The van der Waals surface area contributed by atoms with E-state index in [4.69, 9.17) is 4.74 Å². The number of carbonyl (C=O) groups excluding carboxylic acids is 1. The van der Waals surface area contributed by atoms with Crippen molar-refractivity contribution in [1.29, 1.82) is 0 Å². The Morgan fingerprint density at radius 1 is 1.00 bits per heavy atom. The lowest BCUT2D eigenvalue weighted by atomic mass is 10.0. The Balaban J connectivity index is 2.16. The van der Waals surface area contributed by atoms with E-state index in [9.17, 15) is 18.3 Å². The maximum absolute atomic E-state index is 13.4. The fourth-order valence-corrected chi connectivity index (χ4v) is 6.29. The van der Waals surface area contributed by atoms with Gasteiger partial charge in [-0.05, 0) is 48.9 Å². The van der Waals surface area contributed by atoms with E-state index in [1.165, 1.54) is 4.31 Å². The Kier molecular flexibility index (Phi) is 13.1. The molecule has 0 aliphatic heterocycles. The van der Waals surface area contributed by atoms with Gasteiger partial charge >= 0.3 is 0 Å². The molecule has 2 aromatic rings. The van der Waals surface area contributed by atoms with E-state index < -0.39 is 33.3 Å². The van der Waals surface area contributed by atoms with Crippen LogP contribution in [0.15, 0.2) is 54.6 Å². The second kappa shape index (κ2) is 15.7. The van der Waals surface area contributed by atoms with E-state index in [0.29, 0.717) is 38.9 Å². The molecule has 37 heavy (non-hydrogen) atoms. The summed E-state index contributed by atoms with van der Waals surface area (Å²) in [5, 5.41) is 16.0. The lowest BCUT2D eigenvalue weighted by Gasteiger charge is -2.29. The van der Waals surface area contributed by atoms with Gasteiger partial charge in [0.05, 0.1) is 19.3 Å². The van der Waals surface area contributed by atoms with Gasteiger partial charge < -0.3 is 20.5 Å². The van der Waals surface area contributed by atoms with Crippen molar-refractivity contribution in [1.82, 2.24) is 14.9 Å². The number of hydrogen-bond acceptors (Lipinski definition) is 6. The number of nitrogens with one attached hydrogen (secondary N) is 2. The van der Waals surface area contributed by atoms with Gasteiger partial charge in [-0.1, -0.05) is 63.2 Å². The maximum atomic E-state index is 13.4. The molecular formula is C28H43N3O5S. The Morgan fingerprint density at radius 3 is 2.24 bits per heavy atom. The zero-order valence-electron chi connectivity index (χ0n) is 22.5. The average Bonchev–Trinajstić information content (AvgIpc) is 2.89. The normalized spacial score (nSPS) is 14.2. The van der Waals surface area contributed by atoms with Gasteiger partial charge in [-0.3, -0.25) is 4.79 Å². The number of sulfonamides is 1. The Morgan fingerprint density at radius 2 is 1.65 bits per heavy atom. The largest absolute Gasteiger partial charge is 0.497 e. The molecule has 0 saturated heterocycles. The fourth-order valence-electron chi connectivity index (χ4n) is 4.29. The van der Waals surface area contributed by atoms with Crippen LogP contribution in [0.4, 0.5) is 0 Å². The van der Waals surface area contributed by atoms with Crippen molar-refractivity contribution < 1.29 is 23.1 Å². The number of aliphatic hydroxyl groups is 1. The molecule has 3 atom stereocenters. The van der Waals surface area contributed by atoms with Crippen molar-refractivity contribution in [3.8, 4) is 5.75 Å². The topological polar surface area (TPSA) is 108 Å². The van der Waals surface area contributed by atoms with E-state index in [2.05, 4.69) is 10.6 Å². The molecule has 0 heterocycles. The van der Waals surface area contributed by atoms with Gasteiger partial charge in [0.25, 0.3) is 0 Å². The fraction of sp³-hybridized carbons (Fsp3) is 0.536. The molecule has 1 amide bonds. The van der Waals surface area contributed by atoms with Crippen LogP contribution in [-0.2, 0) is 27.8 Å². The van der Waals surface area contributed by atoms with Crippen molar-refractivity contribution in [2.24, 2.45) is 0 Å². The van der Waals surface area contributed by atoms with Gasteiger partial charge in [0.1, 0.15) is 5.75 Å². The summed E-state index contributed by atoms with van der Waals surface area (Å²) in [7, 11) is -2.22. The minimum absolute atomic E-state index is 0.153. The quantitative estimate of drug-likeness (QED) is 0.288. The second-order valence-electron chi connectivity index (χ2n) is 9.20. The van der Waals surface area contributed by atoms with Crippen LogP contribution in [-0.4, -0.2) is 67.9 Å². The number of ether oxygens (including phenoxy) is 1. The number of nitrogens with zero attached hydrogens (tertiary/aromatic N) is 1. The van der Waals surface area contributed by atoms with Crippen LogP contribution >= 0.6 is 0 Å². The molecule has 2 aromatic carbocycles. The summed E-state index contributed by atoms with van der Waals surface area (Å²) >= 11 is 0. The van der Waals surface area contributed by atoms with Gasteiger partial charge in [0, 0.05) is 26.2 Å². The van der Waals surface area contributed by atoms with E-state index in [0.717, 1.165) is 16.9 Å². The highest BCUT2D eigenvalue weighted by Gasteiger charge is 2.37. The number of aliphatic hydroxyl groups excluding tert-OH is 1. The summed E-state index contributed by atoms with van der Waals surface area (Å²) in [4.78, 5) is 13.3. The minimum atomic E-state index is -3.83. The van der Waals surface area contributed by atoms with Crippen molar-refractivity contribution in [3.63, 3.8) is 0 Å². The summed E-state index contributed by atoms with van der Waals surface area (Å²) in [6, 6.07) is 16.5. The monoisotopic (exact) mass is 533 g/mol. The first-order chi connectivity index (χ1) is 17.8. The summed E-state index contributed by atoms with van der Waals surface area (Å²) in [6.45, 7) is 7.03. The first-order valence-corrected chi connectivity index (χ1v) is 14.6. The van der Waals surface area contributed by atoms with E-state index >= 15 is 0 Å². The van der Waals surface area contributed by atoms with Gasteiger partial charge in [-0.15, -0.1) is 0 Å². The van der Waals surface area contributed by atoms with Crippen molar-refractivity contribution in [3.05, 3.63) is 65.7 Å². The third-order valence-corrected chi connectivity index (χ3v) is 8.59. The molecule has 9 heteroatoms. The number of methoxy groups -OCH3 is 1. The highest BCUT2D eigenvalue weighted by Crippen LogP contribution is 2.16. The third kappa shape index (κ3) is 9.41. The van der Waals surface area contributed by atoms with Crippen molar-refractivity contribution in [2.45, 2.75) is 70.4 Å². The molecule has 206 valence electrons. The summed E-state index contributed by atoms with van der Waals surface area (Å²) < 4.78 is 33.4. The van der Waals surface area contributed by atoms with Crippen LogP contribution in [0.25, 0.3) is 0 Å². The van der Waals surface area contributed by atoms with Crippen LogP contribution in [0.5, 0.6) is 5.75 Å². The second-order valence-corrected chi connectivity index (χ2v) is 11.3. The number of amides is 1. The minimum Gasteiger partial charge on any atom is -0.497 e. The molecule has 0 spiro atoms. The summed E-state index contributed by atoms with van der Waals surface area (Å²) in [5.41, 5.74) is 1.94. The molecule has 0 aliphatic carbocycles. The van der Waals surface area contributed by atoms with Crippen LogP contribution in [0, 0.1) is 0 Å². The Labute approximate surface area is 222 Å². The van der Waals surface area contributed by atoms with Crippen LogP contribution < -0.4 is 15.4 Å². The molecule has 3 N–H and O–H groups in total. The Hall–Kier alpha value is -2.46. The molecule has 0 bridgehead atoms. The van der Waals surface area contributed by atoms with E-state index in [1.807, 2.05) is 68.4 Å². The highest BCUT2D eigenvalue weighted by atomic mass is 32.2. The van der Waals surface area contributed by atoms with Gasteiger partial charge in [0.2, 0.25) is 15.9 Å². The van der Waals surface area contributed by atoms with Crippen LogP contribution in [0.3, 0.4) is 0 Å². The van der Waals surface area contributed by atoms with Crippen LogP contribution in [0.2, 0.25) is 0 Å². The van der Waals surface area contributed by atoms with Crippen molar-refractivity contribution in [2.75, 3.05) is 26.7 Å². The molecule has 8 nitrogen and oxygen atoms in total. The standard InChI is InChI=1S/C28H43N3O5S/c1-5-16-31(17-6-2)37(34,35)27(7-3)28(33)30-25(19-22-12-9-8-10-13-22)26(32)21-29-20-23-14-11-15-24(18-23)36-4/h8-15,18,25-27,29,32H,5-7,16-17,19-21H2,1-4H3,(H,30,33)/t25-,26+,27?/m0/s1. The number of benzene rings is 2. The zero-order valence-corrected chi connectivity index (χ0v) is 23.3. The average molecular weight is 534 g/mol. The molecule has 2 rings (SSSR count). The number of hydrogen-bond donors (Lipinski definition) is 3. The summed E-state index contributed by atoms with van der Waals surface area (Å²) in [6.07, 6.45) is 0.938. The zero-order chi connectivity index (χ0) is 27.3. The lowest BCUT2D eigenvalue weighted by molar-refractivity contribution is -0.122. The molecule has 0 radical (unpaired) electrons. The maximum Gasteiger partial charge on any atom is 0.240 e. The number of carbonyl (C=O) groups is 1. The molecular weight excluding hydrogens is 490 g/mol. The third-order valence-electron chi connectivity index (χ3n) is 6.24. The highest BCUT2D eigenvalue weighted by molar-refractivity contribution is 7.90. The summed E-state index contributed by atoms with van der Waals surface area (Å²) in [5.74, 6) is 0.175.